The number of hydrogen-bond acceptors (Lipinski definition) is 2. The fourth-order valence-electron chi connectivity index (χ4n) is 2.36. The van der Waals surface area contributed by atoms with Crippen molar-refractivity contribution in [2.24, 2.45) is 5.92 Å². The first kappa shape index (κ1) is 10.4. The molecule has 15 heavy (non-hydrogen) atoms. The maximum absolute atomic E-state index is 11.3. The van der Waals surface area contributed by atoms with E-state index in [2.05, 4.69) is 16.5 Å². The van der Waals surface area contributed by atoms with E-state index in [1.807, 2.05) is 12.4 Å². The van der Waals surface area contributed by atoms with Gasteiger partial charge in [0.2, 0.25) is 0 Å². The van der Waals surface area contributed by atoms with Crippen LogP contribution in [-0.4, -0.2) is 15.3 Å². The summed E-state index contributed by atoms with van der Waals surface area (Å²) in [7, 11) is 0. The molecular formula is C12H18N2O. The monoisotopic (exact) mass is 206 g/mol. The average Bonchev–Trinajstić information content (AvgIpc) is 2.65. The third-order valence-corrected chi connectivity index (χ3v) is 3.20. The second-order valence-corrected chi connectivity index (χ2v) is 4.33. The fraction of sp³-hybridized carbons (Fsp3) is 0.667. The highest BCUT2D eigenvalue weighted by atomic mass is 16.1. The summed E-state index contributed by atoms with van der Waals surface area (Å²) in [6, 6.07) is 0. The van der Waals surface area contributed by atoms with Gasteiger partial charge in [0, 0.05) is 38.2 Å². The number of Topliss-reactive ketones (excluding diaryl/α,β-unsaturated/α-hetero) is 1. The fourth-order valence-corrected chi connectivity index (χ4v) is 2.36. The van der Waals surface area contributed by atoms with Gasteiger partial charge in [0.1, 0.15) is 11.6 Å². The first-order valence-corrected chi connectivity index (χ1v) is 5.81. The maximum atomic E-state index is 11.3. The number of ketones is 1. The molecule has 2 rings (SSSR count). The molecule has 0 aromatic carbocycles. The van der Waals surface area contributed by atoms with Crippen LogP contribution in [0.15, 0.2) is 12.4 Å². The number of imidazole rings is 1. The van der Waals surface area contributed by atoms with E-state index in [0.29, 0.717) is 11.7 Å². The first-order chi connectivity index (χ1) is 7.29. The van der Waals surface area contributed by atoms with E-state index in [1.54, 1.807) is 0 Å². The van der Waals surface area contributed by atoms with Crippen LogP contribution in [-0.2, 0) is 17.8 Å². The Bertz CT molecular complexity index is 343. The van der Waals surface area contributed by atoms with Gasteiger partial charge in [-0.2, -0.15) is 0 Å². The molecule has 1 aromatic heterocycles. The van der Waals surface area contributed by atoms with Gasteiger partial charge < -0.3 is 4.57 Å². The van der Waals surface area contributed by atoms with Gasteiger partial charge in [0.25, 0.3) is 0 Å². The van der Waals surface area contributed by atoms with Crippen LogP contribution in [0.3, 0.4) is 0 Å². The topological polar surface area (TPSA) is 34.9 Å². The van der Waals surface area contributed by atoms with Gasteiger partial charge in [-0.25, -0.2) is 4.98 Å². The first-order valence-electron chi connectivity index (χ1n) is 5.81. The molecule has 1 atom stereocenters. The number of carbonyl (C=O) groups excluding carboxylic acids is 1. The van der Waals surface area contributed by atoms with Crippen LogP contribution in [0.2, 0.25) is 0 Å². The lowest BCUT2D eigenvalue weighted by atomic mass is 9.86. The molecule has 1 aliphatic rings. The van der Waals surface area contributed by atoms with E-state index < -0.39 is 0 Å². The van der Waals surface area contributed by atoms with Crippen molar-refractivity contribution in [2.75, 3.05) is 0 Å². The summed E-state index contributed by atoms with van der Waals surface area (Å²) in [6.45, 7) is 3.09. The minimum absolute atomic E-state index is 0.431. The van der Waals surface area contributed by atoms with Crippen molar-refractivity contribution in [1.29, 1.82) is 0 Å². The molecule has 82 valence electrons. The van der Waals surface area contributed by atoms with Gasteiger partial charge in [0.15, 0.2) is 0 Å². The van der Waals surface area contributed by atoms with Crippen molar-refractivity contribution in [1.82, 2.24) is 9.55 Å². The lowest BCUT2D eigenvalue weighted by Crippen LogP contribution is -2.18. The molecule has 1 aliphatic carbocycles. The lowest BCUT2D eigenvalue weighted by Gasteiger charge is -2.20. The summed E-state index contributed by atoms with van der Waals surface area (Å²) in [4.78, 5) is 15.7. The standard InChI is InChI=1S/C12H18N2O/c1-2-14-7-6-13-12(14)9-10-4-3-5-11(15)8-10/h6-7,10H,2-5,8-9H2,1H3. The van der Waals surface area contributed by atoms with Crippen molar-refractivity contribution in [3.63, 3.8) is 0 Å². The molecule has 1 saturated carbocycles. The second kappa shape index (κ2) is 4.60. The molecule has 1 aromatic rings. The summed E-state index contributed by atoms with van der Waals surface area (Å²) >= 11 is 0. The van der Waals surface area contributed by atoms with Gasteiger partial charge in [-0.05, 0) is 25.7 Å². The summed E-state index contributed by atoms with van der Waals surface area (Å²) < 4.78 is 2.17. The number of aryl methyl sites for hydroxylation is 1. The zero-order valence-corrected chi connectivity index (χ0v) is 9.28. The molecule has 0 N–H and O–H groups in total. The summed E-state index contributed by atoms with van der Waals surface area (Å²) in [6.07, 6.45) is 8.63. The summed E-state index contributed by atoms with van der Waals surface area (Å²) in [5.74, 6) is 2.09. The van der Waals surface area contributed by atoms with Gasteiger partial charge >= 0.3 is 0 Å². The Labute approximate surface area is 90.5 Å². The molecule has 1 unspecified atom stereocenters. The van der Waals surface area contributed by atoms with Crippen LogP contribution in [0.4, 0.5) is 0 Å². The van der Waals surface area contributed by atoms with E-state index >= 15 is 0 Å². The van der Waals surface area contributed by atoms with E-state index in [-0.39, 0.29) is 0 Å². The highest BCUT2D eigenvalue weighted by Gasteiger charge is 2.20. The Balaban J connectivity index is 1.98. The highest BCUT2D eigenvalue weighted by molar-refractivity contribution is 5.79. The van der Waals surface area contributed by atoms with Gasteiger partial charge in [-0.3, -0.25) is 4.79 Å². The number of hydrogen-bond donors (Lipinski definition) is 0. The molecular weight excluding hydrogens is 188 g/mol. The minimum atomic E-state index is 0.431. The molecule has 0 spiro atoms. The smallest absolute Gasteiger partial charge is 0.133 e. The third kappa shape index (κ3) is 2.46. The van der Waals surface area contributed by atoms with Crippen LogP contribution in [0.1, 0.15) is 38.4 Å². The SMILES string of the molecule is CCn1ccnc1CC1CCCC(=O)C1. The van der Waals surface area contributed by atoms with Gasteiger partial charge in [-0.15, -0.1) is 0 Å². The summed E-state index contributed by atoms with van der Waals surface area (Å²) in [5.41, 5.74) is 0. The van der Waals surface area contributed by atoms with E-state index in [0.717, 1.165) is 38.1 Å². The lowest BCUT2D eigenvalue weighted by molar-refractivity contribution is -0.121. The van der Waals surface area contributed by atoms with Gasteiger partial charge in [-0.1, -0.05) is 0 Å². The van der Waals surface area contributed by atoms with E-state index in [1.165, 1.54) is 6.42 Å². The van der Waals surface area contributed by atoms with Crippen LogP contribution < -0.4 is 0 Å². The molecule has 0 amide bonds. The molecule has 0 saturated heterocycles. The minimum Gasteiger partial charge on any atom is -0.335 e. The summed E-state index contributed by atoms with van der Waals surface area (Å²) in [5, 5.41) is 0. The normalized spacial score (nSPS) is 21.9. The second-order valence-electron chi connectivity index (χ2n) is 4.33. The van der Waals surface area contributed by atoms with Crippen LogP contribution in [0.25, 0.3) is 0 Å². The third-order valence-electron chi connectivity index (χ3n) is 3.20. The largest absolute Gasteiger partial charge is 0.335 e. The maximum Gasteiger partial charge on any atom is 0.133 e. The van der Waals surface area contributed by atoms with E-state index in [9.17, 15) is 4.79 Å². The average molecular weight is 206 g/mol. The Hall–Kier alpha value is -1.12. The zero-order valence-electron chi connectivity index (χ0n) is 9.28. The van der Waals surface area contributed by atoms with Crippen molar-refractivity contribution in [2.45, 2.75) is 45.6 Å². The Morgan fingerprint density at radius 1 is 1.60 bits per heavy atom. The van der Waals surface area contributed by atoms with Crippen molar-refractivity contribution in [3.05, 3.63) is 18.2 Å². The predicted molar refractivity (Wildman–Crippen MR) is 58.6 cm³/mol. The Morgan fingerprint density at radius 3 is 3.20 bits per heavy atom. The molecule has 1 fully saturated rings. The highest BCUT2D eigenvalue weighted by Crippen LogP contribution is 2.24. The molecule has 3 heteroatoms. The molecule has 0 radical (unpaired) electrons. The van der Waals surface area contributed by atoms with E-state index in [4.69, 9.17) is 0 Å². The van der Waals surface area contributed by atoms with Crippen molar-refractivity contribution in [3.8, 4) is 0 Å². The predicted octanol–water partition coefficient (Wildman–Crippen LogP) is 2.20. The number of carbonyl (C=O) groups is 1. The Morgan fingerprint density at radius 2 is 2.47 bits per heavy atom. The van der Waals surface area contributed by atoms with Crippen LogP contribution in [0, 0.1) is 5.92 Å². The molecule has 0 aliphatic heterocycles. The number of rotatable bonds is 3. The zero-order chi connectivity index (χ0) is 10.7. The Kier molecular flexibility index (Phi) is 3.19. The quantitative estimate of drug-likeness (QED) is 0.760. The van der Waals surface area contributed by atoms with Crippen LogP contribution in [0.5, 0.6) is 0 Å². The van der Waals surface area contributed by atoms with Crippen molar-refractivity contribution < 1.29 is 4.79 Å². The number of nitrogens with zero attached hydrogens (tertiary/aromatic N) is 2. The number of aromatic nitrogens is 2. The molecule has 3 nitrogen and oxygen atoms in total. The molecule has 0 bridgehead atoms. The van der Waals surface area contributed by atoms with Crippen LogP contribution >= 0.6 is 0 Å². The molecule has 1 heterocycles. The van der Waals surface area contributed by atoms with Crippen molar-refractivity contribution >= 4 is 5.78 Å². The van der Waals surface area contributed by atoms with Gasteiger partial charge in [0.05, 0.1) is 0 Å².